The van der Waals surface area contributed by atoms with Crippen LogP contribution in [-0.4, -0.2) is 9.97 Å². The van der Waals surface area contributed by atoms with E-state index in [1.165, 1.54) is 6.07 Å². The standard InChI is InChI=1S/C12H10ClFN2O/c1-8-3-2-4-10(11(8)14)17-12-15-6-9(5-13)7-16-12/h2-4,6-7H,5H2,1H3. The first-order valence-corrected chi connectivity index (χ1v) is 5.54. The van der Waals surface area contributed by atoms with Crippen LogP contribution < -0.4 is 4.74 Å². The van der Waals surface area contributed by atoms with Gasteiger partial charge >= 0.3 is 6.01 Å². The monoisotopic (exact) mass is 252 g/mol. The van der Waals surface area contributed by atoms with E-state index in [4.69, 9.17) is 16.3 Å². The highest BCUT2D eigenvalue weighted by atomic mass is 35.5. The second-order valence-electron chi connectivity index (χ2n) is 3.50. The number of hydrogen-bond acceptors (Lipinski definition) is 3. The summed E-state index contributed by atoms with van der Waals surface area (Å²) in [6.45, 7) is 1.67. The van der Waals surface area contributed by atoms with Gasteiger partial charge < -0.3 is 4.74 Å². The molecule has 2 aromatic rings. The molecule has 0 fully saturated rings. The summed E-state index contributed by atoms with van der Waals surface area (Å²) in [5.74, 6) is 0.0418. The second-order valence-corrected chi connectivity index (χ2v) is 3.76. The highest BCUT2D eigenvalue weighted by molar-refractivity contribution is 6.17. The number of hydrogen-bond donors (Lipinski definition) is 0. The summed E-state index contributed by atoms with van der Waals surface area (Å²) >= 11 is 5.60. The van der Waals surface area contributed by atoms with E-state index in [0.29, 0.717) is 11.4 Å². The first kappa shape index (κ1) is 11.8. The van der Waals surface area contributed by atoms with E-state index >= 15 is 0 Å². The topological polar surface area (TPSA) is 35.0 Å². The number of rotatable bonds is 3. The number of aryl methyl sites for hydroxylation is 1. The van der Waals surface area contributed by atoms with E-state index in [0.717, 1.165) is 5.56 Å². The van der Waals surface area contributed by atoms with Crippen molar-refractivity contribution in [3.63, 3.8) is 0 Å². The number of benzene rings is 1. The average Bonchev–Trinajstić information content (AvgIpc) is 2.36. The van der Waals surface area contributed by atoms with Gasteiger partial charge in [0, 0.05) is 18.0 Å². The largest absolute Gasteiger partial charge is 0.421 e. The first-order chi connectivity index (χ1) is 8.20. The van der Waals surface area contributed by atoms with Gasteiger partial charge in [-0.25, -0.2) is 14.4 Å². The van der Waals surface area contributed by atoms with Crippen molar-refractivity contribution in [1.82, 2.24) is 9.97 Å². The van der Waals surface area contributed by atoms with Gasteiger partial charge in [0.1, 0.15) is 0 Å². The molecule has 0 saturated carbocycles. The van der Waals surface area contributed by atoms with Crippen molar-refractivity contribution in [2.45, 2.75) is 12.8 Å². The molecule has 1 aromatic heterocycles. The Morgan fingerprint density at radius 2 is 2.00 bits per heavy atom. The summed E-state index contributed by atoms with van der Waals surface area (Å²) in [5, 5.41) is 0. The Morgan fingerprint density at radius 1 is 1.29 bits per heavy atom. The fraction of sp³-hybridized carbons (Fsp3) is 0.167. The highest BCUT2D eigenvalue weighted by Crippen LogP contribution is 2.23. The quantitative estimate of drug-likeness (QED) is 0.785. The van der Waals surface area contributed by atoms with Gasteiger partial charge in [-0.3, -0.25) is 0 Å². The molecule has 0 aliphatic rings. The van der Waals surface area contributed by atoms with Gasteiger partial charge in [-0.1, -0.05) is 12.1 Å². The maximum Gasteiger partial charge on any atom is 0.321 e. The fourth-order valence-electron chi connectivity index (χ4n) is 1.26. The Bertz CT molecular complexity index is 516. The zero-order valence-electron chi connectivity index (χ0n) is 9.15. The molecule has 0 saturated heterocycles. The van der Waals surface area contributed by atoms with Crippen molar-refractivity contribution in [2.75, 3.05) is 0 Å². The molecule has 0 amide bonds. The third-order valence-electron chi connectivity index (χ3n) is 2.19. The van der Waals surface area contributed by atoms with Crippen LogP contribution in [0.2, 0.25) is 0 Å². The predicted molar refractivity (Wildman–Crippen MR) is 62.8 cm³/mol. The lowest BCUT2D eigenvalue weighted by Crippen LogP contribution is -1.95. The van der Waals surface area contributed by atoms with E-state index in [9.17, 15) is 4.39 Å². The number of nitrogens with zero attached hydrogens (tertiary/aromatic N) is 2. The molecule has 1 heterocycles. The molecule has 3 nitrogen and oxygen atoms in total. The summed E-state index contributed by atoms with van der Waals surface area (Å²) in [6, 6.07) is 5.00. The lowest BCUT2D eigenvalue weighted by Gasteiger charge is -2.06. The third kappa shape index (κ3) is 2.71. The van der Waals surface area contributed by atoms with Crippen LogP contribution >= 0.6 is 11.6 Å². The Hall–Kier alpha value is -1.68. The molecule has 0 spiro atoms. The smallest absolute Gasteiger partial charge is 0.321 e. The van der Waals surface area contributed by atoms with E-state index < -0.39 is 5.82 Å². The van der Waals surface area contributed by atoms with Gasteiger partial charge in [-0.2, -0.15) is 0 Å². The minimum absolute atomic E-state index is 0.100. The maximum atomic E-state index is 13.6. The van der Waals surface area contributed by atoms with Gasteiger partial charge in [-0.05, 0) is 18.6 Å². The second kappa shape index (κ2) is 5.10. The number of ether oxygens (including phenoxy) is 1. The van der Waals surface area contributed by atoms with Crippen molar-refractivity contribution in [1.29, 1.82) is 0 Å². The highest BCUT2D eigenvalue weighted by Gasteiger charge is 2.08. The van der Waals surface area contributed by atoms with Crippen LogP contribution in [0, 0.1) is 12.7 Å². The Kier molecular flexibility index (Phi) is 3.54. The zero-order chi connectivity index (χ0) is 12.3. The van der Waals surface area contributed by atoms with Crippen molar-refractivity contribution in [3.8, 4) is 11.8 Å². The molecule has 0 aliphatic carbocycles. The van der Waals surface area contributed by atoms with Gasteiger partial charge in [0.25, 0.3) is 0 Å². The lowest BCUT2D eigenvalue weighted by atomic mass is 10.2. The minimum atomic E-state index is -0.405. The summed E-state index contributed by atoms with van der Waals surface area (Å²) in [6.07, 6.45) is 3.09. The van der Waals surface area contributed by atoms with Gasteiger partial charge in [0.05, 0.1) is 5.88 Å². The van der Waals surface area contributed by atoms with Crippen molar-refractivity contribution in [2.24, 2.45) is 0 Å². The first-order valence-electron chi connectivity index (χ1n) is 5.00. The molecule has 0 bridgehead atoms. The average molecular weight is 253 g/mol. The fourth-order valence-corrected chi connectivity index (χ4v) is 1.40. The molecule has 17 heavy (non-hydrogen) atoms. The predicted octanol–water partition coefficient (Wildman–Crippen LogP) is 3.46. The number of aromatic nitrogens is 2. The van der Waals surface area contributed by atoms with Gasteiger partial charge in [0.2, 0.25) is 0 Å². The Labute approximate surface area is 103 Å². The number of halogens is 2. The minimum Gasteiger partial charge on any atom is -0.421 e. The molecule has 0 aliphatic heterocycles. The summed E-state index contributed by atoms with van der Waals surface area (Å²) in [7, 11) is 0. The SMILES string of the molecule is Cc1cccc(Oc2ncc(CCl)cn2)c1F. The molecule has 0 unspecified atom stereocenters. The number of alkyl halides is 1. The van der Waals surface area contributed by atoms with Crippen LogP contribution in [-0.2, 0) is 5.88 Å². The zero-order valence-corrected chi connectivity index (χ0v) is 9.91. The van der Waals surface area contributed by atoms with Crippen LogP contribution in [0.25, 0.3) is 0 Å². The molecule has 1 aromatic carbocycles. The lowest BCUT2D eigenvalue weighted by molar-refractivity contribution is 0.409. The normalized spacial score (nSPS) is 10.3. The molecule has 2 rings (SSSR count). The summed E-state index contributed by atoms with van der Waals surface area (Å²) in [4.78, 5) is 7.86. The van der Waals surface area contributed by atoms with Crippen LogP contribution in [0.5, 0.6) is 11.8 Å². The van der Waals surface area contributed by atoms with Gasteiger partial charge in [-0.15, -0.1) is 11.6 Å². The van der Waals surface area contributed by atoms with Crippen LogP contribution in [0.4, 0.5) is 4.39 Å². The molecule has 5 heteroatoms. The third-order valence-corrected chi connectivity index (χ3v) is 2.50. The van der Waals surface area contributed by atoms with Crippen LogP contribution in [0.1, 0.15) is 11.1 Å². The molecular weight excluding hydrogens is 243 g/mol. The summed E-state index contributed by atoms with van der Waals surface area (Å²) in [5.41, 5.74) is 1.30. The van der Waals surface area contributed by atoms with Crippen LogP contribution in [0.15, 0.2) is 30.6 Å². The summed E-state index contributed by atoms with van der Waals surface area (Å²) < 4.78 is 18.9. The Morgan fingerprint density at radius 3 is 2.65 bits per heavy atom. The molecule has 88 valence electrons. The molecule has 0 atom stereocenters. The van der Waals surface area contributed by atoms with Crippen molar-refractivity contribution < 1.29 is 9.13 Å². The Balaban J connectivity index is 2.22. The van der Waals surface area contributed by atoms with Crippen molar-refractivity contribution >= 4 is 11.6 Å². The van der Waals surface area contributed by atoms with E-state index in [1.807, 2.05) is 0 Å². The van der Waals surface area contributed by atoms with Crippen LogP contribution in [0.3, 0.4) is 0 Å². The van der Waals surface area contributed by atoms with E-state index in [-0.39, 0.29) is 11.8 Å². The molecular formula is C12H10ClFN2O. The van der Waals surface area contributed by atoms with E-state index in [2.05, 4.69) is 9.97 Å². The van der Waals surface area contributed by atoms with Crippen molar-refractivity contribution in [3.05, 3.63) is 47.5 Å². The molecule has 0 N–H and O–H groups in total. The molecule has 0 radical (unpaired) electrons. The van der Waals surface area contributed by atoms with Gasteiger partial charge in [0.15, 0.2) is 11.6 Å². The van der Waals surface area contributed by atoms with E-state index in [1.54, 1.807) is 31.5 Å². The maximum absolute atomic E-state index is 13.6.